The summed E-state index contributed by atoms with van der Waals surface area (Å²) in [5, 5.41) is 12.4. The van der Waals surface area contributed by atoms with E-state index in [1.54, 1.807) is 6.07 Å². The minimum Gasteiger partial charge on any atom is -0.392 e. The van der Waals surface area contributed by atoms with E-state index in [4.69, 9.17) is 16.7 Å². The van der Waals surface area contributed by atoms with Crippen molar-refractivity contribution in [3.8, 4) is 0 Å². The molecular formula is C12H15ClN2O2. The predicted octanol–water partition coefficient (Wildman–Crippen LogP) is 1.16. The van der Waals surface area contributed by atoms with Gasteiger partial charge in [0.1, 0.15) is 6.04 Å². The normalized spacial score (nSPS) is 20.3. The Morgan fingerprint density at radius 3 is 3.00 bits per heavy atom. The molecule has 1 aromatic rings. The largest absolute Gasteiger partial charge is 0.392 e. The number of carbonyl (C=O) groups is 1. The number of aliphatic hydroxyl groups excluding tert-OH is 1. The molecule has 1 fully saturated rings. The van der Waals surface area contributed by atoms with E-state index in [1.165, 1.54) is 0 Å². The van der Waals surface area contributed by atoms with Crippen LogP contribution >= 0.6 is 11.6 Å². The molecule has 17 heavy (non-hydrogen) atoms. The van der Waals surface area contributed by atoms with Gasteiger partial charge in [-0.2, -0.15) is 0 Å². The van der Waals surface area contributed by atoms with Gasteiger partial charge in [0.25, 0.3) is 0 Å². The van der Waals surface area contributed by atoms with Gasteiger partial charge in [-0.3, -0.25) is 4.79 Å². The second kappa shape index (κ2) is 4.94. The van der Waals surface area contributed by atoms with Crippen LogP contribution < -0.4 is 10.2 Å². The maximum atomic E-state index is 11.6. The number of hydrogen-bond donors (Lipinski definition) is 2. The Morgan fingerprint density at radius 1 is 1.59 bits per heavy atom. The zero-order chi connectivity index (χ0) is 12.4. The van der Waals surface area contributed by atoms with Crippen molar-refractivity contribution < 1.29 is 9.90 Å². The van der Waals surface area contributed by atoms with Crippen molar-refractivity contribution in [3.05, 3.63) is 28.8 Å². The van der Waals surface area contributed by atoms with E-state index < -0.39 is 0 Å². The SMILES string of the molecule is CC1C(=O)NCCN1c1ccc(CO)cc1Cl. The van der Waals surface area contributed by atoms with Crippen molar-refractivity contribution >= 4 is 23.2 Å². The molecule has 1 amide bonds. The van der Waals surface area contributed by atoms with Gasteiger partial charge in [-0.25, -0.2) is 0 Å². The molecule has 1 aliphatic rings. The highest BCUT2D eigenvalue weighted by atomic mass is 35.5. The van der Waals surface area contributed by atoms with Crippen LogP contribution in [0.2, 0.25) is 5.02 Å². The van der Waals surface area contributed by atoms with Crippen molar-refractivity contribution in [1.82, 2.24) is 5.32 Å². The summed E-state index contributed by atoms with van der Waals surface area (Å²) in [6.07, 6.45) is 0. The Labute approximate surface area is 105 Å². The number of carbonyl (C=O) groups excluding carboxylic acids is 1. The molecule has 1 aromatic carbocycles. The second-order valence-corrected chi connectivity index (χ2v) is 4.51. The third-order valence-corrected chi connectivity index (χ3v) is 3.31. The molecule has 92 valence electrons. The highest BCUT2D eigenvalue weighted by Gasteiger charge is 2.26. The molecular weight excluding hydrogens is 240 g/mol. The van der Waals surface area contributed by atoms with E-state index in [-0.39, 0.29) is 18.6 Å². The smallest absolute Gasteiger partial charge is 0.242 e. The summed E-state index contributed by atoms with van der Waals surface area (Å²) in [6.45, 7) is 3.19. The minimum atomic E-state index is -0.221. The Hall–Kier alpha value is -1.26. The maximum absolute atomic E-state index is 11.6. The number of nitrogens with zero attached hydrogens (tertiary/aromatic N) is 1. The van der Waals surface area contributed by atoms with Gasteiger partial charge in [0.05, 0.1) is 17.3 Å². The van der Waals surface area contributed by atoms with E-state index in [2.05, 4.69) is 5.32 Å². The Bertz CT molecular complexity index is 437. The van der Waals surface area contributed by atoms with Gasteiger partial charge in [0.2, 0.25) is 5.91 Å². The average molecular weight is 255 g/mol. The molecule has 0 aliphatic carbocycles. The summed E-state index contributed by atoms with van der Waals surface area (Å²) < 4.78 is 0. The van der Waals surface area contributed by atoms with Crippen LogP contribution in [0.15, 0.2) is 18.2 Å². The van der Waals surface area contributed by atoms with Gasteiger partial charge >= 0.3 is 0 Å². The van der Waals surface area contributed by atoms with E-state index in [1.807, 2.05) is 24.0 Å². The summed E-state index contributed by atoms with van der Waals surface area (Å²) in [7, 11) is 0. The average Bonchev–Trinajstić information content (AvgIpc) is 2.33. The first-order chi connectivity index (χ1) is 8.13. The van der Waals surface area contributed by atoms with Crippen LogP contribution in [0, 0.1) is 0 Å². The second-order valence-electron chi connectivity index (χ2n) is 4.10. The molecule has 1 unspecified atom stereocenters. The lowest BCUT2D eigenvalue weighted by molar-refractivity contribution is -0.122. The number of amides is 1. The molecule has 4 nitrogen and oxygen atoms in total. The summed E-state index contributed by atoms with van der Waals surface area (Å²) in [5.41, 5.74) is 1.61. The minimum absolute atomic E-state index is 0.0125. The first kappa shape index (κ1) is 12.2. The lowest BCUT2D eigenvalue weighted by Crippen LogP contribution is -2.54. The first-order valence-corrected chi connectivity index (χ1v) is 5.95. The molecule has 1 saturated heterocycles. The van der Waals surface area contributed by atoms with Crippen molar-refractivity contribution in [3.63, 3.8) is 0 Å². The Morgan fingerprint density at radius 2 is 2.35 bits per heavy atom. The molecule has 1 heterocycles. The molecule has 2 rings (SSSR count). The summed E-state index contributed by atoms with van der Waals surface area (Å²) in [6, 6.07) is 5.18. The molecule has 0 spiro atoms. The number of anilines is 1. The Balaban J connectivity index is 2.30. The van der Waals surface area contributed by atoms with Gasteiger partial charge in [-0.15, -0.1) is 0 Å². The number of nitrogens with one attached hydrogen (secondary N) is 1. The van der Waals surface area contributed by atoms with Gasteiger partial charge in [0.15, 0.2) is 0 Å². The molecule has 2 N–H and O–H groups in total. The number of benzene rings is 1. The molecule has 0 bridgehead atoms. The molecule has 1 atom stereocenters. The van der Waals surface area contributed by atoms with Crippen molar-refractivity contribution in [2.75, 3.05) is 18.0 Å². The van der Waals surface area contributed by atoms with E-state index in [0.29, 0.717) is 11.6 Å². The number of halogens is 1. The first-order valence-electron chi connectivity index (χ1n) is 5.57. The highest BCUT2D eigenvalue weighted by Crippen LogP contribution is 2.29. The molecule has 1 aliphatic heterocycles. The third kappa shape index (κ3) is 2.37. The van der Waals surface area contributed by atoms with Crippen molar-refractivity contribution in [1.29, 1.82) is 0 Å². The molecule has 5 heteroatoms. The van der Waals surface area contributed by atoms with Crippen LogP contribution in [-0.4, -0.2) is 30.1 Å². The van der Waals surface area contributed by atoms with Gasteiger partial charge < -0.3 is 15.3 Å². The van der Waals surface area contributed by atoms with Crippen LogP contribution in [0.3, 0.4) is 0 Å². The van der Waals surface area contributed by atoms with Crippen LogP contribution in [-0.2, 0) is 11.4 Å². The predicted molar refractivity (Wildman–Crippen MR) is 67.2 cm³/mol. The van der Waals surface area contributed by atoms with Crippen molar-refractivity contribution in [2.45, 2.75) is 19.6 Å². The zero-order valence-corrected chi connectivity index (χ0v) is 10.4. The van der Waals surface area contributed by atoms with Crippen molar-refractivity contribution in [2.24, 2.45) is 0 Å². The fourth-order valence-electron chi connectivity index (χ4n) is 1.99. The number of rotatable bonds is 2. The van der Waals surface area contributed by atoms with Crippen LogP contribution in [0.1, 0.15) is 12.5 Å². The molecule has 0 saturated carbocycles. The molecule has 0 radical (unpaired) electrons. The topological polar surface area (TPSA) is 52.6 Å². The molecule has 0 aromatic heterocycles. The number of piperazine rings is 1. The van der Waals surface area contributed by atoms with E-state index in [0.717, 1.165) is 17.8 Å². The lowest BCUT2D eigenvalue weighted by atomic mass is 10.1. The number of aliphatic hydroxyl groups is 1. The van der Waals surface area contributed by atoms with Crippen LogP contribution in [0.5, 0.6) is 0 Å². The summed E-state index contributed by atoms with van der Waals surface area (Å²) in [4.78, 5) is 13.6. The van der Waals surface area contributed by atoms with E-state index >= 15 is 0 Å². The van der Waals surface area contributed by atoms with Gasteiger partial charge in [-0.05, 0) is 24.6 Å². The fraction of sp³-hybridized carbons (Fsp3) is 0.417. The number of hydrogen-bond acceptors (Lipinski definition) is 3. The van der Waals surface area contributed by atoms with E-state index in [9.17, 15) is 4.79 Å². The van der Waals surface area contributed by atoms with Crippen LogP contribution in [0.25, 0.3) is 0 Å². The van der Waals surface area contributed by atoms with Crippen LogP contribution in [0.4, 0.5) is 5.69 Å². The third-order valence-electron chi connectivity index (χ3n) is 3.00. The standard InChI is InChI=1S/C12H15ClN2O2/c1-8-12(17)14-4-5-15(8)11-3-2-9(7-16)6-10(11)13/h2-3,6,8,16H,4-5,7H2,1H3,(H,14,17). The maximum Gasteiger partial charge on any atom is 0.242 e. The zero-order valence-electron chi connectivity index (χ0n) is 9.61. The van der Waals surface area contributed by atoms with Gasteiger partial charge in [0, 0.05) is 13.1 Å². The Kier molecular flexibility index (Phi) is 3.54. The summed E-state index contributed by atoms with van der Waals surface area (Å²) in [5.74, 6) is 0.0125. The fourth-order valence-corrected chi connectivity index (χ4v) is 2.30. The highest BCUT2D eigenvalue weighted by molar-refractivity contribution is 6.33. The summed E-state index contributed by atoms with van der Waals surface area (Å²) >= 11 is 6.17. The quantitative estimate of drug-likeness (QED) is 0.833. The monoisotopic (exact) mass is 254 g/mol. The van der Waals surface area contributed by atoms with Gasteiger partial charge in [-0.1, -0.05) is 17.7 Å². The lowest BCUT2D eigenvalue weighted by Gasteiger charge is -2.35.